The zero-order valence-electron chi connectivity index (χ0n) is 12.0. The number of alkyl halides is 3. The maximum absolute atomic E-state index is 12.6. The number of unbranched alkanes of at least 4 members (excludes halogenated alkanes) is 3. The van der Waals surface area contributed by atoms with E-state index in [0.29, 0.717) is 12.2 Å². The predicted octanol–water partition coefficient (Wildman–Crippen LogP) is 4.91. The summed E-state index contributed by atoms with van der Waals surface area (Å²) in [6.07, 6.45) is 2.02. The molecule has 0 heterocycles. The molecular weight excluding hydrogens is 297 g/mol. The molecule has 0 radical (unpaired) electrons. The fourth-order valence-corrected chi connectivity index (χ4v) is 2.44. The molecule has 1 aromatic rings. The Morgan fingerprint density at radius 2 is 1.90 bits per heavy atom. The Morgan fingerprint density at radius 3 is 2.52 bits per heavy atom. The van der Waals surface area contributed by atoms with Gasteiger partial charge in [-0.05, 0) is 43.0 Å². The van der Waals surface area contributed by atoms with Crippen LogP contribution in [-0.4, -0.2) is 18.6 Å². The minimum atomic E-state index is -4.49. The highest BCUT2D eigenvalue weighted by atomic mass is 32.2. The first-order chi connectivity index (χ1) is 9.99. The largest absolute Gasteiger partial charge is 0.417 e. The molecule has 0 aliphatic carbocycles. The van der Waals surface area contributed by atoms with E-state index < -0.39 is 11.7 Å². The summed E-state index contributed by atoms with van der Waals surface area (Å²) in [5.41, 5.74) is -0.663. The molecule has 0 amide bonds. The lowest BCUT2D eigenvalue weighted by atomic mass is 10.1. The van der Waals surface area contributed by atoms with Crippen molar-refractivity contribution in [2.75, 3.05) is 23.9 Å². The highest BCUT2D eigenvalue weighted by Gasteiger charge is 2.33. The van der Waals surface area contributed by atoms with E-state index in [-0.39, 0.29) is 5.56 Å². The van der Waals surface area contributed by atoms with Gasteiger partial charge in [0.1, 0.15) is 0 Å². The lowest BCUT2D eigenvalue weighted by Crippen LogP contribution is -2.09. The van der Waals surface area contributed by atoms with Gasteiger partial charge in [0.05, 0.1) is 17.2 Å². The topological polar surface area (TPSA) is 35.8 Å². The molecule has 21 heavy (non-hydrogen) atoms. The summed E-state index contributed by atoms with van der Waals surface area (Å²) in [6.45, 7) is 0.704. The summed E-state index contributed by atoms with van der Waals surface area (Å²) in [5.74, 6) is 1.16. The maximum atomic E-state index is 12.6. The van der Waals surface area contributed by atoms with Crippen LogP contribution < -0.4 is 5.32 Å². The lowest BCUT2D eigenvalue weighted by molar-refractivity contribution is -0.137. The molecular formula is C15H19F3N2S. The van der Waals surface area contributed by atoms with Crippen LogP contribution in [-0.2, 0) is 6.18 Å². The molecule has 0 atom stereocenters. The van der Waals surface area contributed by atoms with Crippen LogP contribution in [0.25, 0.3) is 0 Å². The van der Waals surface area contributed by atoms with Gasteiger partial charge in [0.25, 0.3) is 0 Å². The molecule has 0 fully saturated rings. The van der Waals surface area contributed by atoms with E-state index >= 15 is 0 Å². The molecule has 0 bridgehead atoms. The second kappa shape index (κ2) is 8.83. The minimum absolute atomic E-state index is 0.340. The predicted molar refractivity (Wildman–Crippen MR) is 81.5 cm³/mol. The molecule has 0 spiro atoms. The summed E-state index contributed by atoms with van der Waals surface area (Å²) >= 11 is 1.83. The van der Waals surface area contributed by atoms with E-state index in [0.717, 1.165) is 24.7 Å². The van der Waals surface area contributed by atoms with Crippen LogP contribution in [0.15, 0.2) is 18.2 Å². The molecule has 1 aromatic carbocycles. The Morgan fingerprint density at radius 1 is 1.19 bits per heavy atom. The van der Waals surface area contributed by atoms with Crippen molar-refractivity contribution in [1.29, 1.82) is 5.26 Å². The van der Waals surface area contributed by atoms with Crippen LogP contribution in [0.2, 0.25) is 0 Å². The van der Waals surface area contributed by atoms with Crippen molar-refractivity contribution < 1.29 is 13.2 Å². The zero-order chi connectivity index (χ0) is 15.7. The number of nitrogens with zero attached hydrogens (tertiary/aromatic N) is 1. The molecule has 0 aliphatic heterocycles. The average Bonchev–Trinajstić information content (AvgIpc) is 2.45. The second-order valence-electron chi connectivity index (χ2n) is 4.70. The molecule has 0 saturated carbocycles. The normalized spacial score (nSPS) is 11.2. The van der Waals surface area contributed by atoms with E-state index in [4.69, 9.17) is 5.26 Å². The highest BCUT2D eigenvalue weighted by Crippen LogP contribution is 2.32. The number of rotatable bonds is 8. The molecule has 2 nitrogen and oxygen atoms in total. The number of hydrogen-bond acceptors (Lipinski definition) is 3. The monoisotopic (exact) mass is 316 g/mol. The van der Waals surface area contributed by atoms with Crippen molar-refractivity contribution in [2.45, 2.75) is 31.9 Å². The Balaban J connectivity index is 2.45. The van der Waals surface area contributed by atoms with Crippen molar-refractivity contribution in [3.63, 3.8) is 0 Å². The van der Waals surface area contributed by atoms with E-state index in [9.17, 15) is 13.2 Å². The first-order valence-electron chi connectivity index (χ1n) is 6.83. The van der Waals surface area contributed by atoms with Gasteiger partial charge in [-0.15, -0.1) is 0 Å². The first kappa shape index (κ1) is 17.7. The molecule has 0 aliphatic rings. The van der Waals surface area contributed by atoms with E-state index in [2.05, 4.69) is 11.6 Å². The van der Waals surface area contributed by atoms with Gasteiger partial charge in [-0.1, -0.05) is 12.8 Å². The Hall–Kier alpha value is -1.35. The minimum Gasteiger partial charge on any atom is -0.385 e. The number of benzene rings is 1. The first-order valence-corrected chi connectivity index (χ1v) is 8.22. The lowest BCUT2D eigenvalue weighted by Gasteiger charge is -2.11. The Kier molecular flexibility index (Phi) is 7.44. The van der Waals surface area contributed by atoms with Crippen LogP contribution in [0, 0.1) is 11.3 Å². The molecule has 0 unspecified atom stereocenters. The van der Waals surface area contributed by atoms with Gasteiger partial charge in [0.15, 0.2) is 0 Å². The average molecular weight is 316 g/mol. The third kappa shape index (κ3) is 6.30. The molecule has 1 N–H and O–H groups in total. The SMILES string of the molecule is CSCCCCCCNc1ccc(C(F)(F)F)c(C#N)c1. The summed E-state index contributed by atoms with van der Waals surface area (Å²) in [6, 6.07) is 5.20. The van der Waals surface area contributed by atoms with Crippen LogP contribution in [0.3, 0.4) is 0 Å². The quantitative estimate of drug-likeness (QED) is 0.692. The zero-order valence-corrected chi connectivity index (χ0v) is 12.8. The maximum Gasteiger partial charge on any atom is 0.417 e. The molecule has 0 aromatic heterocycles. The van der Waals surface area contributed by atoms with Crippen molar-refractivity contribution in [3.05, 3.63) is 29.3 Å². The van der Waals surface area contributed by atoms with E-state index in [1.807, 2.05) is 11.8 Å². The van der Waals surface area contributed by atoms with Crippen molar-refractivity contribution in [1.82, 2.24) is 0 Å². The van der Waals surface area contributed by atoms with Crippen molar-refractivity contribution in [3.8, 4) is 6.07 Å². The third-order valence-electron chi connectivity index (χ3n) is 3.05. The van der Waals surface area contributed by atoms with E-state index in [1.165, 1.54) is 25.0 Å². The number of nitrogens with one attached hydrogen (secondary N) is 1. The summed E-state index contributed by atoms with van der Waals surface area (Å²) < 4.78 is 37.9. The molecule has 1 rings (SSSR count). The standard InChI is InChI=1S/C15H19F3N2S/c1-21-9-5-3-2-4-8-20-13-6-7-14(15(16,17)18)12(10-13)11-19/h6-7,10,20H,2-5,8-9H2,1H3. The molecule has 6 heteroatoms. The second-order valence-corrected chi connectivity index (χ2v) is 5.69. The van der Waals surface area contributed by atoms with Crippen molar-refractivity contribution in [2.24, 2.45) is 0 Å². The number of halogens is 3. The molecule has 116 valence electrons. The fourth-order valence-electron chi connectivity index (χ4n) is 1.95. The van der Waals surface area contributed by atoms with Crippen LogP contribution in [0.4, 0.5) is 18.9 Å². The van der Waals surface area contributed by atoms with E-state index in [1.54, 1.807) is 6.07 Å². The van der Waals surface area contributed by atoms with Crippen molar-refractivity contribution >= 4 is 17.4 Å². The van der Waals surface area contributed by atoms with Gasteiger partial charge in [-0.25, -0.2) is 0 Å². The van der Waals surface area contributed by atoms with Gasteiger partial charge in [0.2, 0.25) is 0 Å². The number of thioether (sulfide) groups is 1. The summed E-state index contributed by atoms with van der Waals surface area (Å²) in [7, 11) is 0. The van der Waals surface area contributed by atoms with Gasteiger partial charge in [0, 0.05) is 12.2 Å². The summed E-state index contributed by atoms with van der Waals surface area (Å²) in [5, 5.41) is 11.9. The molecule has 0 saturated heterocycles. The van der Waals surface area contributed by atoms with Crippen LogP contribution in [0.1, 0.15) is 36.8 Å². The number of anilines is 1. The van der Waals surface area contributed by atoms with Crippen LogP contribution in [0.5, 0.6) is 0 Å². The van der Waals surface area contributed by atoms with Gasteiger partial charge >= 0.3 is 6.18 Å². The van der Waals surface area contributed by atoms with Crippen LogP contribution >= 0.6 is 11.8 Å². The Labute approximate surface area is 127 Å². The summed E-state index contributed by atoms with van der Waals surface area (Å²) in [4.78, 5) is 0. The fraction of sp³-hybridized carbons (Fsp3) is 0.533. The van der Waals surface area contributed by atoms with Gasteiger partial charge < -0.3 is 5.32 Å². The van der Waals surface area contributed by atoms with Gasteiger partial charge in [-0.2, -0.15) is 30.2 Å². The van der Waals surface area contributed by atoms with Gasteiger partial charge in [-0.3, -0.25) is 0 Å². The number of hydrogen-bond donors (Lipinski definition) is 1. The Bertz CT molecular complexity index is 481. The highest BCUT2D eigenvalue weighted by molar-refractivity contribution is 7.98. The third-order valence-corrected chi connectivity index (χ3v) is 3.75. The smallest absolute Gasteiger partial charge is 0.385 e. The number of nitriles is 1.